The van der Waals surface area contributed by atoms with Crippen molar-refractivity contribution in [3.63, 3.8) is 0 Å². The SMILES string of the molecule is CCCC1CC1N1C(=O)C(CC)NC1C1CCCC1. The van der Waals surface area contributed by atoms with Crippen molar-refractivity contribution in [2.75, 3.05) is 0 Å². The number of carbonyl (C=O) groups excluding carboxylic acids is 1. The minimum absolute atomic E-state index is 0.0912. The van der Waals surface area contributed by atoms with Gasteiger partial charge in [0, 0.05) is 6.04 Å². The van der Waals surface area contributed by atoms with E-state index in [0.29, 0.717) is 24.0 Å². The Hall–Kier alpha value is -0.570. The minimum atomic E-state index is 0.0912. The molecule has 108 valence electrons. The first-order valence-electron chi connectivity index (χ1n) is 8.34. The van der Waals surface area contributed by atoms with Gasteiger partial charge < -0.3 is 4.90 Å². The van der Waals surface area contributed by atoms with Crippen molar-refractivity contribution in [1.29, 1.82) is 0 Å². The van der Waals surface area contributed by atoms with Crippen molar-refractivity contribution >= 4 is 5.91 Å². The van der Waals surface area contributed by atoms with Crippen LogP contribution >= 0.6 is 0 Å². The number of nitrogens with one attached hydrogen (secondary N) is 1. The smallest absolute Gasteiger partial charge is 0.241 e. The van der Waals surface area contributed by atoms with Gasteiger partial charge in [0.05, 0.1) is 12.2 Å². The van der Waals surface area contributed by atoms with E-state index >= 15 is 0 Å². The Morgan fingerprint density at radius 1 is 1.26 bits per heavy atom. The Balaban J connectivity index is 1.71. The van der Waals surface area contributed by atoms with Gasteiger partial charge in [-0.25, -0.2) is 0 Å². The third-order valence-corrected chi connectivity index (χ3v) is 5.38. The van der Waals surface area contributed by atoms with Gasteiger partial charge in [-0.1, -0.05) is 33.1 Å². The summed E-state index contributed by atoms with van der Waals surface area (Å²) in [6.07, 6.45) is 10.4. The van der Waals surface area contributed by atoms with E-state index in [-0.39, 0.29) is 6.04 Å². The molecule has 0 aromatic carbocycles. The largest absolute Gasteiger partial charge is 0.322 e. The maximum absolute atomic E-state index is 12.6. The van der Waals surface area contributed by atoms with Gasteiger partial charge in [0.1, 0.15) is 0 Å². The first-order valence-corrected chi connectivity index (χ1v) is 8.34. The van der Waals surface area contributed by atoms with Gasteiger partial charge in [0.25, 0.3) is 0 Å². The lowest BCUT2D eigenvalue weighted by atomic mass is 10.0. The third-order valence-electron chi connectivity index (χ3n) is 5.38. The molecule has 0 bridgehead atoms. The van der Waals surface area contributed by atoms with Gasteiger partial charge in [-0.05, 0) is 43.9 Å². The van der Waals surface area contributed by atoms with Crippen LogP contribution in [0.15, 0.2) is 0 Å². The van der Waals surface area contributed by atoms with Crippen LogP contribution in [0.4, 0.5) is 0 Å². The molecule has 3 aliphatic rings. The fourth-order valence-corrected chi connectivity index (χ4v) is 4.23. The van der Waals surface area contributed by atoms with Crippen molar-refractivity contribution in [3.05, 3.63) is 0 Å². The summed E-state index contributed by atoms with van der Waals surface area (Å²) in [4.78, 5) is 14.9. The highest BCUT2D eigenvalue weighted by Crippen LogP contribution is 2.44. The second-order valence-corrected chi connectivity index (χ2v) is 6.71. The van der Waals surface area contributed by atoms with Crippen LogP contribution in [0.3, 0.4) is 0 Å². The number of rotatable bonds is 5. The highest BCUT2D eigenvalue weighted by atomic mass is 16.2. The predicted octanol–water partition coefficient (Wildman–Crippen LogP) is 2.90. The number of hydrogen-bond donors (Lipinski definition) is 1. The number of amides is 1. The van der Waals surface area contributed by atoms with Crippen LogP contribution in [-0.4, -0.2) is 29.1 Å². The Labute approximate surface area is 117 Å². The summed E-state index contributed by atoms with van der Waals surface area (Å²) in [6.45, 7) is 4.38. The average molecular weight is 264 g/mol. The molecular formula is C16H28N2O. The zero-order valence-electron chi connectivity index (χ0n) is 12.4. The monoisotopic (exact) mass is 264 g/mol. The standard InChI is InChI=1S/C16H28N2O/c1-3-7-12-10-14(12)18-15(11-8-5-6-9-11)17-13(4-2)16(18)19/h11-15,17H,3-10H2,1-2H3. The lowest BCUT2D eigenvalue weighted by Gasteiger charge is -2.29. The van der Waals surface area contributed by atoms with Crippen LogP contribution < -0.4 is 5.32 Å². The van der Waals surface area contributed by atoms with Crippen molar-refractivity contribution in [2.45, 2.75) is 83.5 Å². The molecule has 4 unspecified atom stereocenters. The second kappa shape index (κ2) is 5.43. The molecule has 1 heterocycles. The molecule has 0 radical (unpaired) electrons. The molecule has 3 nitrogen and oxygen atoms in total. The molecule has 1 amide bonds. The summed E-state index contributed by atoms with van der Waals surface area (Å²) in [5.74, 6) is 1.89. The molecule has 0 aromatic rings. The summed E-state index contributed by atoms with van der Waals surface area (Å²) in [6, 6.07) is 0.649. The van der Waals surface area contributed by atoms with Gasteiger partial charge in [-0.15, -0.1) is 0 Å². The second-order valence-electron chi connectivity index (χ2n) is 6.71. The highest BCUT2D eigenvalue weighted by molar-refractivity contribution is 5.85. The van der Waals surface area contributed by atoms with Crippen LogP contribution in [0.1, 0.15) is 65.2 Å². The number of carbonyl (C=O) groups is 1. The molecule has 0 aromatic heterocycles. The highest BCUT2D eigenvalue weighted by Gasteiger charge is 2.52. The molecule has 1 saturated heterocycles. The zero-order valence-corrected chi connectivity index (χ0v) is 12.4. The summed E-state index contributed by atoms with van der Waals surface area (Å²) in [7, 11) is 0. The Morgan fingerprint density at radius 3 is 2.63 bits per heavy atom. The molecule has 1 N–H and O–H groups in total. The van der Waals surface area contributed by atoms with E-state index in [1.807, 2.05) is 0 Å². The van der Waals surface area contributed by atoms with Crippen molar-refractivity contribution in [1.82, 2.24) is 10.2 Å². The molecule has 3 heteroatoms. The van der Waals surface area contributed by atoms with Crippen molar-refractivity contribution in [2.24, 2.45) is 11.8 Å². The van der Waals surface area contributed by atoms with Crippen LogP contribution in [-0.2, 0) is 4.79 Å². The first kappa shape index (κ1) is 13.4. The lowest BCUT2D eigenvalue weighted by Crippen LogP contribution is -2.44. The minimum Gasteiger partial charge on any atom is -0.322 e. The number of hydrogen-bond acceptors (Lipinski definition) is 2. The fourth-order valence-electron chi connectivity index (χ4n) is 4.23. The van der Waals surface area contributed by atoms with Gasteiger partial charge >= 0.3 is 0 Å². The third kappa shape index (κ3) is 2.42. The van der Waals surface area contributed by atoms with E-state index in [1.165, 1.54) is 44.9 Å². The van der Waals surface area contributed by atoms with Crippen LogP contribution in [0.2, 0.25) is 0 Å². The fraction of sp³-hybridized carbons (Fsp3) is 0.938. The maximum atomic E-state index is 12.6. The molecule has 0 spiro atoms. The molecule has 4 atom stereocenters. The molecule has 3 fully saturated rings. The van der Waals surface area contributed by atoms with E-state index in [0.717, 1.165) is 12.3 Å². The van der Waals surface area contributed by atoms with E-state index in [2.05, 4.69) is 24.1 Å². The molecule has 2 saturated carbocycles. The van der Waals surface area contributed by atoms with Gasteiger partial charge in [-0.2, -0.15) is 0 Å². The van der Waals surface area contributed by atoms with Gasteiger partial charge in [0.2, 0.25) is 5.91 Å². The Morgan fingerprint density at radius 2 is 2.00 bits per heavy atom. The zero-order chi connectivity index (χ0) is 13.4. The molecular weight excluding hydrogens is 236 g/mol. The molecule has 19 heavy (non-hydrogen) atoms. The van der Waals surface area contributed by atoms with E-state index in [9.17, 15) is 4.79 Å². The van der Waals surface area contributed by atoms with Crippen molar-refractivity contribution < 1.29 is 4.79 Å². The summed E-state index contributed by atoms with van der Waals surface area (Å²) >= 11 is 0. The van der Waals surface area contributed by atoms with Crippen molar-refractivity contribution in [3.8, 4) is 0 Å². The summed E-state index contributed by atoms with van der Waals surface area (Å²) in [5.41, 5.74) is 0. The van der Waals surface area contributed by atoms with E-state index in [1.54, 1.807) is 0 Å². The van der Waals surface area contributed by atoms with Crippen LogP contribution in [0.5, 0.6) is 0 Å². The Kier molecular flexibility index (Phi) is 3.84. The van der Waals surface area contributed by atoms with Gasteiger partial charge in [-0.3, -0.25) is 10.1 Å². The maximum Gasteiger partial charge on any atom is 0.241 e. The summed E-state index contributed by atoms with van der Waals surface area (Å²) < 4.78 is 0. The average Bonchev–Trinajstić information content (AvgIpc) is 2.86. The summed E-state index contributed by atoms with van der Waals surface area (Å²) in [5, 5.41) is 3.64. The topological polar surface area (TPSA) is 32.3 Å². The lowest BCUT2D eigenvalue weighted by molar-refractivity contribution is -0.131. The number of nitrogens with zero attached hydrogens (tertiary/aromatic N) is 1. The first-order chi connectivity index (χ1) is 9.26. The predicted molar refractivity (Wildman–Crippen MR) is 76.6 cm³/mol. The normalized spacial score (nSPS) is 39.3. The quantitative estimate of drug-likeness (QED) is 0.828. The van der Waals surface area contributed by atoms with Gasteiger partial charge in [0.15, 0.2) is 0 Å². The molecule has 3 rings (SSSR count). The molecule has 1 aliphatic heterocycles. The van der Waals surface area contributed by atoms with Crippen LogP contribution in [0, 0.1) is 11.8 Å². The van der Waals surface area contributed by atoms with E-state index in [4.69, 9.17) is 0 Å². The molecule has 2 aliphatic carbocycles. The van der Waals surface area contributed by atoms with E-state index < -0.39 is 0 Å². The van der Waals surface area contributed by atoms with Crippen LogP contribution in [0.25, 0.3) is 0 Å². The Bertz CT molecular complexity index is 338.